The van der Waals surface area contributed by atoms with Crippen LogP contribution in [0.2, 0.25) is 0 Å². The van der Waals surface area contributed by atoms with E-state index >= 15 is 0 Å². The first kappa shape index (κ1) is 20.3. The first-order valence-electron chi connectivity index (χ1n) is 10.0. The van der Waals surface area contributed by atoms with Crippen LogP contribution in [0.5, 0.6) is 0 Å². The van der Waals surface area contributed by atoms with Crippen molar-refractivity contribution >= 4 is 22.8 Å². The van der Waals surface area contributed by atoms with Crippen molar-refractivity contribution in [3.63, 3.8) is 0 Å². The number of fused-ring (bicyclic) bond motifs is 1. The summed E-state index contributed by atoms with van der Waals surface area (Å²) in [5, 5.41) is 4.70. The fraction of sp³-hybridized carbons (Fsp3) is 0.160. The van der Waals surface area contributed by atoms with Gasteiger partial charge < -0.3 is 14.2 Å². The lowest BCUT2D eigenvalue weighted by atomic mass is 10.1. The number of hydrogen-bond donors (Lipinski definition) is 0. The molecule has 156 valence electrons. The predicted molar refractivity (Wildman–Crippen MR) is 116 cm³/mol. The average molecular weight is 414 g/mol. The normalized spacial score (nSPS) is 10.7. The SMILES string of the molecule is O=C(Cc1noc2ccccc12)OCC(=O)N(Cc1ccccc1)Cc1ccccc1. The summed E-state index contributed by atoms with van der Waals surface area (Å²) in [5.74, 6) is -0.780. The Morgan fingerprint density at radius 1 is 0.806 bits per heavy atom. The molecule has 0 saturated heterocycles. The molecule has 1 amide bonds. The molecule has 0 unspecified atom stereocenters. The van der Waals surface area contributed by atoms with Gasteiger partial charge in [0, 0.05) is 18.5 Å². The lowest BCUT2D eigenvalue weighted by Crippen LogP contribution is -2.34. The van der Waals surface area contributed by atoms with Crippen LogP contribution in [0.15, 0.2) is 89.5 Å². The molecule has 0 fully saturated rings. The van der Waals surface area contributed by atoms with Crippen LogP contribution in [-0.4, -0.2) is 28.5 Å². The van der Waals surface area contributed by atoms with E-state index in [1.165, 1.54) is 0 Å². The highest BCUT2D eigenvalue weighted by Gasteiger charge is 2.18. The summed E-state index contributed by atoms with van der Waals surface area (Å²) in [7, 11) is 0. The molecular weight excluding hydrogens is 392 g/mol. The van der Waals surface area contributed by atoms with Crippen LogP contribution >= 0.6 is 0 Å². The molecule has 4 rings (SSSR count). The maximum Gasteiger partial charge on any atom is 0.312 e. The molecule has 6 heteroatoms. The highest BCUT2D eigenvalue weighted by atomic mass is 16.5. The Morgan fingerprint density at radius 3 is 2.03 bits per heavy atom. The van der Waals surface area contributed by atoms with Crippen LogP contribution in [0.25, 0.3) is 11.0 Å². The maximum atomic E-state index is 12.9. The standard InChI is InChI=1S/C25H22N2O4/c28-24(18-30-25(29)15-22-21-13-7-8-14-23(21)31-26-22)27(16-19-9-3-1-4-10-19)17-20-11-5-2-6-12-20/h1-14H,15-18H2. The minimum atomic E-state index is -0.522. The number of ether oxygens (including phenoxy) is 1. The Balaban J connectivity index is 1.39. The monoisotopic (exact) mass is 414 g/mol. The van der Waals surface area contributed by atoms with Crippen LogP contribution in [-0.2, 0) is 33.8 Å². The van der Waals surface area contributed by atoms with Crippen LogP contribution in [0.4, 0.5) is 0 Å². The van der Waals surface area contributed by atoms with Crippen molar-refractivity contribution in [3.05, 3.63) is 102 Å². The van der Waals surface area contributed by atoms with Gasteiger partial charge in [-0.05, 0) is 23.3 Å². The number of carbonyl (C=O) groups is 2. The number of esters is 1. The van der Waals surface area contributed by atoms with Crippen LogP contribution in [0, 0.1) is 0 Å². The van der Waals surface area contributed by atoms with Crippen LogP contribution < -0.4 is 0 Å². The van der Waals surface area contributed by atoms with Gasteiger partial charge in [0.2, 0.25) is 0 Å². The minimum absolute atomic E-state index is 0.0539. The number of para-hydroxylation sites is 1. The van der Waals surface area contributed by atoms with E-state index in [2.05, 4.69) is 5.16 Å². The summed E-state index contributed by atoms with van der Waals surface area (Å²) >= 11 is 0. The molecule has 0 radical (unpaired) electrons. The largest absolute Gasteiger partial charge is 0.455 e. The third-order valence-corrected chi connectivity index (χ3v) is 4.91. The molecule has 4 aromatic rings. The van der Waals surface area contributed by atoms with E-state index in [0.717, 1.165) is 16.5 Å². The summed E-state index contributed by atoms with van der Waals surface area (Å²) in [4.78, 5) is 26.9. The zero-order chi connectivity index (χ0) is 21.5. The van der Waals surface area contributed by atoms with Gasteiger partial charge in [0.1, 0.15) is 5.69 Å². The molecule has 6 nitrogen and oxygen atoms in total. The molecule has 0 saturated carbocycles. The van der Waals surface area contributed by atoms with E-state index in [-0.39, 0.29) is 18.9 Å². The molecule has 0 N–H and O–H groups in total. The summed E-state index contributed by atoms with van der Waals surface area (Å²) in [5.41, 5.74) is 3.12. The Labute approximate surface area is 180 Å². The van der Waals surface area contributed by atoms with Gasteiger partial charge in [-0.1, -0.05) is 78.0 Å². The molecule has 0 atom stereocenters. The molecule has 1 heterocycles. The number of benzene rings is 3. The van der Waals surface area contributed by atoms with E-state index in [1.54, 1.807) is 11.0 Å². The van der Waals surface area contributed by atoms with Gasteiger partial charge in [0.05, 0.1) is 6.42 Å². The van der Waals surface area contributed by atoms with Gasteiger partial charge in [-0.15, -0.1) is 0 Å². The third-order valence-electron chi connectivity index (χ3n) is 4.91. The summed E-state index contributed by atoms with van der Waals surface area (Å²) in [6, 6.07) is 26.8. The number of aromatic nitrogens is 1. The Bertz CT molecular complexity index is 1110. The smallest absolute Gasteiger partial charge is 0.312 e. The number of rotatable bonds is 8. The fourth-order valence-electron chi connectivity index (χ4n) is 3.33. The molecule has 0 aliphatic rings. The van der Waals surface area contributed by atoms with Crippen molar-refractivity contribution < 1.29 is 18.8 Å². The second kappa shape index (κ2) is 9.71. The van der Waals surface area contributed by atoms with E-state index in [0.29, 0.717) is 24.4 Å². The quantitative estimate of drug-likeness (QED) is 0.405. The van der Waals surface area contributed by atoms with Gasteiger partial charge in [-0.25, -0.2) is 0 Å². The first-order valence-corrected chi connectivity index (χ1v) is 10.0. The van der Waals surface area contributed by atoms with Gasteiger partial charge in [-0.2, -0.15) is 0 Å². The predicted octanol–water partition coefficient (Wildman–Crippen LogP) is 4.14. The molecule has 0 aliphatic carbocycles. The highest BCUT2D eigenvalue weighted by molar-refractivity contribution is 5.85. The maximum absolute atomic E-state index is 12.9. The molecule has 0 bridgehead atoms. The van der Waals surface area contributed by atoms with Gasteiger partial charge >= 0.3 is 5.97 Å². The first-order chi connectivity index (χ1) is 15.2. The zero-order valence-electron chi connectivity index (χ0n) is 16.9. The van der Waals surface area contributed by atoms with Gasteiger partial charge in [0.25, 0.3) is 5.91 Å². The van der Waals surface area contributed by atoms with Gasteiger partial charge in [0.15, 0.2) is 12.2 Å². The highest BCUT2D eigenvalue weighted by Crippen LogP contribution is 2.18. The van der Waals surface area contributed by atoms with Crippen molar-refractivity contribution in [2.75, 3.05) is 6.61 Å². The molecule has 0 spiro atoms. The van der Waals surface area contributed by atoms with Crippen molar-refractivity contribution in [3.8, 4) is 0 Å². The van der Waals surface area contributed by atoms with Crippen molar-refractivity contribution in [2.24, 2.45) is 0 Å². The van der Waals surface area contributed by atoms with Crippen molar-refractivity contribution in [1.29, 1.82) is 0 Å². The Hall–Kier alpha value is -3.93. The molecule has 3 aromatic carbocycles. The lowest BCUT2D eigenvalue weighted by molar-refractivity contribution is -0.152. The molecule has 31 heavy (non-hydrogen) atoms. The summed E-state index contributed by atoms with van der Waals surface area (Å²) in [6.07, 6.45) is -0.0539. The van der Waals surface area contributed by atoms with E-state index in [1.807, 2.05) is 78.9 Å². The van der Waals surface area contributed by atoms with E-state index in [9.17, 15) is 9.59 Å². The Morgan fingerprint density at radius 2 is 1.39 bits per heavy atom. The lowest BCUT2D eigenvalue weighted by Gasteiger charge is -2.23. The van der Waals surface area contributed by atoms with Gasteiger partial charge in [-0.3, -0.25) is 9.59 Å². The average Bonchev–Trinajstić information content (AvgIpc) is 3.21. The number of hydrogen-bond acceptors (Lipinski definition) is 5. The summed E-state index contributed by atoms with van der Waals surface area (Å²) in [6.45, 7) is 0.536. The topological polar surface area (TPSA) is 72.6 Å². The van der Waals surface area contributed by atoms with Crippen LogP contribution in [0.1, 0.15) is 16.8 Å². The summed E-state index contributed by atoms with van der Waals surface area (Å²) < 4.78 is 10.5. The Kier molecular flexibility index (Phi) is 6.38. The van der Waals surface area contributed by atoms with E-state index < -0.39 is 5.97 Å². The molecule has 1 aromatic heterocycles. The number of nitrogens with zero attached hydrogens (tertiary/aromatic N) is 2. The number of amides is 1. The zero-order valence-corrected chi connectivity index (χ0v) is 16.9. The second-order valence-electron chi connectivity index (χ2n) is 7.18. The second-order valence-corrected chi connectivity index (χ2v) is 7.18. The van der Waals surface area contributed by atoms with Crippen molar-refractivity contribution in [2.45, 2.75) is 19.5 Å². The van der Waals surface area contributed by atoms with Crippen LogP contribution in [0.3, 0.4) is 0 Å². The fourth-order valence-corrected chi connectivity index (χ4v) is 3.33. The van der Waals surface area contributed by atoms with Crippen molar-refractivity contribution in [1.82, 2.24) is 10.1 Å². The minimum Gasteiger partial charge on any atom is -0.455 e. The number of carbonyl (C=O) groups excluding carboxylic acids is 2. The molecular formula is C25H22N2O4. The third kappa shape index (κ3) is 5.36. The van der Waals surface area contributed by atoms with E-state index in [4.69, 9.17) is 9.26 Å². The molecule has 0 aliphatic heterocycles.